The Bertz CT molecular complexity index is 1330. The Morgan fingerprint density at radius 3 is 2.82 bits per heavy atom. The summed E-state index contributed by atoms with van der Waals surface area (Å²) in [6, 6.07) is 15.1. The SMILES string of the molecule is Cc1ccc2c(N3CC[C@@H](NC(=O)c4ccccn4)C3)nc(-c3c(O)cccc3F)nc2c1. The second kappa shape index (κ2) is 8.46. The molecule has 0 spiro atoms. The second-order valence-corrected chi connectivity index (χ2v) is 8.15. The number of nitrogens with zero attached hydrogens (tertiary/aromatic N) is 4. The third-order valence-electron chi connectivity index (χ3n) is 5.77. The largest absolute Gasteiger partial charge is 0.507 e. The quantitative estimate of drug-likeness (QED) is 0.498. The van der Waals surface area contributed by atoms with Crippen LogP contribution in [0.2, 0.25) is 0 Å². The highest BCUT2D eigenvalue weighted by molar-refractivity contribution is 5.93. The van der Waals surface area contributed by atoms with Gasteiger partial charge in [0.15, 0.2) is 5.82 Å². The van der Waals surface area contributed by atoms with Crippen molar-refractivity contribution in [1.29, 1.82) is 0 Å². The number of hydrogen-bond donors (Lipinski definition) is 2. The smallest absolute Gasteiger partial charge is 0.270 e. The minimum absolute atomic E-state index is 0.0265. The number of aryl methyl sites for hydroxylation is 1. The number of carbonyl (C=O) groups is 1. The number of rotatable bonds is 4. The van der Waals surface area contributed by atoms with Gasteiger partial charge in [0, 0.05) is 30.7 Å². The number of carbonyl (C=O) groups excluding carboxylic acids is 1. The number of pyridine rings is 1. The zero-order valence-corrected chi connectivity index (χ0v) is 18.0. The molecule has 33 heavy (non-hydrogen) atoms. The number of benzene rings is 2. The molecule has 2 N–H and O–H groups in total. The van der Waals surface area contributed by atoms with Crippen LogP contribution in [0.4, 0.5) is 10.2 Å². The molecule has 0 bridgehead atoms. The van der Waals surface area contributed by atoms with Crippen LogP contribution < -0.4 is 10.2 Å². The van der Waals surface area contributed by atoms with Gasteiger partial charge in [0.1, 0.15) is 23.1 Å². The molecule has 1 amide bonds. The zero-order valence-electron chi connectivity index (χ0n) is 18.0. The molecular formula is C25H22FN5O2. The summed E-state index contributed by atoms with van der Waals surface area (Å²) in [6.45, 7) is 3.16. The number of nitrogens with one attached hydrogen (secondary N) is 1. The van der Waals surface area contributed by atoms with Crippen LogP contribution in [-0.4, -0.2) is 45.1 Å². The second-order valence-electron chi connectivity index (χ2n) is 8.15. The molecule has 0 saturated carbocycles. The van der Waals surface area contributed by atoms with Crippen LogP contribution in [0.3, 0.4) is 0 Å². The third-order valence-corrected chi connectivity index (χ3v) is 5.77. The van der Waals surface area contributed by atoms with Crippen molar-refractivity contribution in [3.63, 3.8) is 0 Å². The Kier molecular flexibility index (Phi) is 5.34. The standard InChI is InChI=1S/C25H22FN5O2/c1-15-8-9-17-20(13-15)29-23(22-18(26)5-4-7-21(22)32)30-24(17)31-12-10-16(14-31)28-25(33)19-6-2-3-11-27-19/h2-9,11,13,16,32H,10,12,14H2,1H3,(H,28,33)/t16-/m1/s1. The van der Waals surface area contributed by atoms with Crippen LogP contribution >= 0.6 is 0 Å². The Morgan fingerprint density at radius 2 is 2.03 bits per heavy atom. The van der Waals surface area contributed by atoms with Crippen LogP contribution in [0.15, 0.2) is 60.8 Å². The Hall–Kier alpha value is -4.07. The number of phenols is 1. The van der Waals surface area contributed by atoms with Crippen LogP contribution in [0, 0.1) is 12.7 Å². The van der Waals surface area contributed by atoms with Crippen molar-refractivity contribution in [2.75, 3.05) is 18.0 Å². The summed E-state index contributed by atoms with van der Waals surface area (Å²) < 4.78 is 14.6. The number of aromatic hydroxyl groups is 1. The maximum atomic E-state index is 14.6. The van der Waals surface area contributed by atoms with Crippen molar-refractivity contribution < 1.29 is 14.3 Å². The van der Waals surface area contributed by atoms with Crippen LogP contribution in [-0.2, 0) is 0 Å². The Morgan fingerprint density at radius 1 is 1.15 bits per heavy atom. The lowest BCUT2D eigenvalue weighted by atomic mass is 10.1. The first-order chi connectivity index (χ1) is 16.0. The molecule has 1 saturated heterocycles. The highest BCUT2D eigenvalue weighted by Crippen LogP contribution is 2.34. The molecule has 1 aliphatic rings. The van der Waals surface area contributed by atoms with Gasteiger partial charge >= 0.3 is 0 Å². The van der Waals surface area contributed by atoms with Gasteiger partial charge in [0.25, 0.3) is 5.91 Å². The molecule has 1 fully saturated rings. The first-order valence-corrected chi connectivity index (χ1v) is 10.7. The maximum absolute atomic E-state index is 14.6. The first kappa shape index (κ1) is 20.8. The topological polar surface area (TPSA) is 91.2 Å². The molecule has 3 heterocycles. The van der Waals surface area contributed by atoms with E-state index in [4.69, 9.17) is 0 Å². The van der Waals surface area contributed by atoms with E-state index in [1.807, 2.05) is 25.1 Å². The van der Waals surface area contributed by atoms with E-state index < -0.39 is 5.82 Å². The summed E-state index contributed by atoms with van der Waals surface area (Å²) in [5, 5.41) is 14.2. The van der Waals surface area contributed by atoms with Crippen molar-refractivity contribution in [3.05, 3.63) is 77.9 Å². The fourth-order valence-electron chi connectivity index (χ4n) is 4.14. The van der Waals surface area contributed by atoms with E-state index in [1.165, 1.54) is 18.2 Å². The van der Waals surface area contributed by atoms with Crippen molar-refractivity contribution >= 4 is 22.6 Å². The highest BCUT2D eigenvalue weighted by Gasteiger charge is 2.28. The van der Waals surface area contributed by atoms with Gasteiger partial charge in [0.2, 0.25) is 0 Å². The minimum atomic E-state index is -0.588. The summed E-state index contributed by atoms with van der Waals surface area (Å²) >= 11 is 0. The molecule has 0 radical (unpaired) electrons. The molecule has 0 unspecified atom stereocenters. The molecule has 2 aromatic carbocycles. The van der Waals surface area contributed by atoms with Gasteiger partial charge in [-0.25, -0.2) is 14.4 Å². The molecule has 4 aromatic rings. The lowest BCUT2D eigenvalue weighted by Crippen LogP contribution is -2.37. The van der Waals surface area contributed by atoms with Crippen molar-refractivity contribution in [1.82, 2.24) is 20.3 Å². The molecule has 166 valence electrons. The summed E-state index contributed by atoms with van der Waals surface area (Å²) in [5.41, 5.74) is 2.02. The van der Waals surface area contributed by atoms with Crippen LogP contribution in [0.1, 0.15) is 22.5 Å². The predicted octanol–water partition coefficient (Wildman–Crippen LogP) is 3.85. The van der Waals surface area contributed by atoms with E-state index in [1.54, 1.807) is 24.4 Å². The van der Waals surface area contributed by atoms with E-state index >= 15 is 0 Å². The van der Waals surface area contributed by atoms with E-state index in [0.29, 0.717) is 30.1 Å². The van der Waals surface area contributed by atoms with Gasteiger partial charge < -0.3 is 15.3 Å². The number of anilines is 1. The summed E-state index contributed by atoms with van der Waals surface area (Å²) in [4.78, 5) is 27.9. The van der Waals surface area contributed by atoms with Gasteiger partial charge in [-0.2, -0.15) is 0 Å². The van der Waals surface area contributed by atoms with Crippen molar-refractivity contribution in [2.45, 2.75) is 19.4 Å². The highest BCUT2D eigenvalue weighted by atomic mass is 19.1. The van der Waals surface area contributed by atoms with Gasteiger partial charge in [-0.15, -0.1) is 0 Å². The zero-order chi connectivity index (χ0) is 22.9. The van der Waals surface area contributed by atoms with Gasteiger partial charge in [0.05, 0.1) is 11.1 Å². The molecule has 1 atom stereocenters. The number of amides is 1. The molecule has 7 nitrogen and oxygen atoms in total. The van der Waals surface area contributed by atoms with Crippen LogP contribution in [0.5, 0.6) is 5.75 Å². The van der Waals surface area contributed by atoms with E-state index in [-0.39, 0.29) is 29.1 Å². The molecule has 8 heteroatoms. The number of aromatic nitrogens is 3. The summed E-state index contributed by atoms with van der Waals surface area (Å²) in [5.74, 6) is -0.251. The van der Waals surface area contributed by atoms with E-state index in [0.717, 1.165) is 17.4 Å². The third kappa shape index (κ3) is 4.07. The lowest BCUT2D eigenvalue weighted by Gasteiger charge is -2.21. The molecule has 1 aliphatic heterocycles. The van der Waals surface area contributed by atoms with Crippen LogP contribution in [0.25, 0.3) is 22.3 Å². The number of hydrogen-bond acceptors (Lipinski definition) is 6. The molecule has 2 aromatic heterocycles. The number of phenolic OH excluding ortho intramolecular Hbond substituents is 1. The number of halogens is 1. The molecule has 5 rings (SSSR count). The average molecular weight is 443 g/mol. The Balaban J connectivity index is 1.49. The number of fused-ring (bicyclic) bond motifs is 1. The first-order valence-electron chi connectivity index (χ1n) is 10.7. The van der Waals surface area contributed by atoms with E-state index in [9.17, 15) is 14.3 Å². The lowest BCUT2D eigenvalue weighted by molar-refractivity contribution is 0.0935. The van der Waals surface area contributed by atoms with Gasteiger partial charge in [-0.3, -0.25) is 9.78 Å². The van der Waals surface area contributed by atoms with Crippen molar-refractivity contribution in [2.24, 2.45) is 0 Å². The maximum Gasteiger partial charge on any atom is 0.270 e. The average Bonchev–Trinajstić information content (AvgIpc) is 3.27. The molecule has 0 aliphatic carbocycles. The summed E-state index contributed by atoms with van der Waals surface area (Å²) in [6.07, 6.45) is 2.32. The van der Waals surface area contributed by atoms with Gasteiger partial charge in [-0.05, 0) is 55.3 Å². The van der Waals surface area contributed by atoms with Gasteiger partial charge in [-0.1, -0.05) is 18.2 Å². The molecular weight excluding hydrogens is 421 g/mol. The monoisotopic (exact) mass is 443 g/mol. The predicted molar refractivity (Wildman–Crippen MR) is 124 cm³/mol. The fourth-order valence-corrected chi connectivity index (χ4v) is 4.14. The minimum Gasteiger partial charge on any atom is -0.507 e. The van der Waals surface area contributed by atoms with E-state index in [2.05, 4.69) is 25.2 Å². The van der Waals surface area contributed by atoms with Crippen molar-refractivity contribution in [3.8, 4) is 17.1 Å². The Labute approximate surface area is 190 Å². The normalized spacial score (nSPS) is 15.7. The summed E-state index contributed by atoms with van der Waals surface area (Å²) in [7, 11) is 0. The fraction of sp³-hybridized carbons (Fsp3) is 0.200.